The van der Waals surface area contributed by atoms with Crippen molar-refractivity contribution in [2.75, 3.05) is 0 Å². The van der Waals surface area contributed by atoms with E-state index in [4.69, 9.17) is 4.74 Å². The highest BCUT2D eigenvalue weighted by molar-refractivity contribution is 6.30. The summed E-state index contributed by atoms with van der Waals surface area (Å²) in [7, 11) is 0. The molecule has 37 heavy (non-hydrogen) atoms. The number of rotatable bonds is 6. The smallest absolute Gasteiger partial charge is 0.346 e. The second-order valence-electron chi connectivity index (χ2n) is 7.91. The third kappa shape index (κ3) is 6.67. The van der Waals surface area contributed by atoms with Crippen molar-refractivity contribution in [3.63, 3.8) is 0 Å². The predicted molar refractivity (Wildman–Crippen MR) is 132 cm³/mol. The van der Waals surface area contributed by atoms with Crippen LogP contribution in [0.3, 0.4) is 0 Å². The minimum absolute atomic E-state index is 0.0832. The molecule has 0 atom stereocenters. The van der Waals surface area contributed by atoms with Crippen LogP contribution in [0.2, 0.25) is 0 Å². The Hall–Kier alpha value is -4.78. The van der Waals surface area contributed by atoms with Gasteiger partial charge in [-0.05, 0) is 82.9 Å². The molecule has 4 aromatic carbocycles. The highest BCUT2D eigenvalue weighted by Gasteiger charge is 2.22. The van der Waals surface area contributed by atoms with Crippen LogP contribution in [0.4, 0.5) is 17.6 Å². The normalized spacial score (nSPS) is 11.8. The van der Waals surface area contributed by atoms with Crippen molar-refractivity contribution in [2.45, 2.75) is 0 Å². The molecule has 0 aliphatic rings. The fourth-order valence-corrected chi connectivity index (χ4v) is 3.42. The van der Waals surface area contributed by atoms with E-state index in [1.807, 2.05) is 0 Å². The van der Waals surface area contributed by atoms with Crippen LogP contribution >= 0.6 is 0 Å². The first-order chi connectivity index (χ1) is 17.8. The van der Waals surface area contributed by atoms with Gasteiger partial charge in [0.25, 0.3) is 0 Å². The maximum Gasteiger partial charge on any atom is 0.346 e. The van der Waals surface area contributed by atoms with E-state index < -0.39 is 35.2 Å². The molecule has 0 saturated carbocycles. The van der Waals surface area contributed by atoms with Gasteiger partial charge in [0.1, 0.15) is 23.3 Å². The van der Waals surface area contributed by atoms with Gasteiger partial charge in [-0.15, -0.1) is 0 Å². The van der Waals surface area contributed by atoms with Crippen LogP contribution in [0.1, 0.15) is 22.3 Å². The molecule has 0 spiro atoms. The van der Waals surface area contributed by atoms with Crippen LogP contribution in [0, 0.1) is 23.3 Å². The molecule has 0 saturated heterocycles. The fourth-order valence-electron chi connectivity index (χ4n) is 3.42. The molecule has 7 heteroatoms. The second kappa shape index (κ2) is 11.3. The van der Waals surface area contributed by atoms with E-state index >= 15 is 0 Å². The van der Waals surface area contributed by atoms with Gasteiger partial charge in [0.15, 0.2) is 0 Å². The third-order valence-corrected chi connectivity index (χ3v) is 5.30. The van der Waals surface area contributed by atoms with Crippen molar-refractivity contribution in [2.24, 2.45) is 0 Å². The number of hydrogen-bond donors (Lipinski definition) is 0. The van der Waals surface area contributed by atoms with Gasteiger partial charge >= 0.3 is 11.9 Å². The van der Waals surface area contributed by atoms with Crippen LogP contribution in [0.25, 0.3) is 23.3 Å². The Morgan fingerprint density at radius 2 is 0.730 bits per heavy atom. The molecule has 4 aromatic rings. The lowest BCUT2D eigenvalue weighted by atomic mass is 10.0. The van der Waals surface area contributed by atoms with Gasteiger partial charge in [-0.2, -0.15) is 0 Å². The van der Waals surface area contributed by atoms with Crippen molar-refractivity contribution >= 4 is 35.2 Å². The predicted octanol–water partition coefficient (Wildman–Crippen LogP) is 7.09. The van der Waals surface area contributed by atoms with E-state index in [-0.39, 0.29) is 22.3 Å². The Morgan fingerprint density at radius 1 is 0.459 bits per heavy atom. The summed E-state index contributed by atoms with van der Waals surface area (Å²) in [4.78, 5) is 26.4. The van der Waals surface area contributed by atoms with Gasteiger partial charge < -0.3 is 4.74 Å². The van der Waals surface area contributed by atoms with E-state index in [0.717, 1.165) is 24.3 Å². The Bertz CT molecular complexity index is 1360. The van der Waals surface area contributed by atoms with Crippen LogP contribution in [-0.4, -0.2) is 11.9 Å². The lowest BCUT2D eigenvalue weighted by Crippen LogP contribution is -2.15. The topological polar surface area (TPSA) is 43.4 Å². The quantitative estimate of drug-likeness (QED) is 0.0929. The van der Waals surface area contributed by atoms with Crippen LogP contribution < -0.4 is 0 Å². The van der Waals surface area contributed by atoms with Crippen molar-refractivity contribution in [1.29, 1.82) is 0 Å². The Kier molecular flexibility index (Phi) is 7.74. The first-order valence-corrected chi connectivity index (χ1v) is 11.0. The largest absolute Gasteiger partial charge is 0.386 e. The maximum atomic E-state index is 13.5. The Balaban J connectivity index is 1.71. The highest BCUT2D eigenvalue weighted by atomic mass is 19.1. The SMILES string of the molecule is O=C(OC(=O)C(=Cc1ccc(F)cc1)c1ccc(F)cc1)C(=Cc1ccc(F)cc1)c1ccc(F)cc1. The summed E-state index contributed by atoms with van der Waals surface area (Å²) < 4.78 is 58.9. The van der Waals surface area contributed by atoms with E-state index in [9.17, 15) is 27.2 Å². The van der Waals surface area contributed by atoms with Gasteiger partial charge in [-0.1, -0.05) is 48.5 Å². The fraction of sp³-hybridized carbons (Fsp3) is 0. The number of carbonyl (C=O) groups is 2. The summed E-state index contributed by atoms with van der Waals surface area (Å²) in [5, 5.41) is 0. The number of benzene rings is 4. The summed E-state index contributed by atoms with van der Waals surface area (Å²) in [5.41, 5.74) is 1.22. The van der Waals surface area contributed by atoms with Gasteiger partial charge in [-0.25, -0.2) is 27.2 Å². The minimum Gasteiger partial charge on any atom is -0.386 e. The molecule has 3 nitrogen and oxygen atoms in total. The molecule has 0 fully saturated rings. The summed E-state index contributed by atoms with van der Waals surface area (Å²) in [6, 6.07) is 20.4. The number of esters is 2. The van der Waals surface area contributed by atoms with Crippen molar-refractivity contribution in [3.8, 4) is 0 Å². The standard InChI is InChI=1S/C30H18F4O3/c31-23-9-1-19(2-10-23)17-27(21-5-13-25(33)14-6-21)29(35)37-30(36)28(22-7-15-26(34)16-8-22)18-20-3-11-24(32)12-4-20/h1-18H. The highest BCUT2D eigenvalue weighted by Crippen LogP contribution is 2.25. The van der Waals surface area contributed by atoms with Crippen molar-refractivity contribution < 1.29 is 31.9 Å². The summed E-state index contributed by atoms with van der Waals surface area (Å²) in [5.74, 6) is -4.12. The zero-order valence-corrected chi connectivity index (χ0v) is 19.1. The third-order valence-electron chi connectivity index (χ3n) is 5.30. The van der Waals surface area contributed by atoms with Gasteiger partial charge in [-0.3, -0.25) is 0 Å². The molecule has 0 heterocycles. The summed E-state index contributed by atoms with van der Waals surface area (Å²) >= 11 is 0. The molecular weight excluding hydrogens is 484 g/mol. The lowest BCUT2D eigenvalue weighted by Gasteiger charge is -2.11. The average Bonchev–Trinajstić information content (AvgIpc) is 2.89. The van der Waals surface area contributed by atoms with Crippen molar-refractivity contribution in [1.82, 2.24) is 0 Å². The summed E-state index contributed by atoms with van der Waals surface area (Å²) in [6.07, 6.45) is 2.76. The molecular formula is C30H18F4O3. The van der Waals surface area contributed by atoms with E-state index in [1.54, 1.807) is 0 Å². The molecule has 0 unspecified atom stereocenters. The van der Waals surface area contributed by atoms with E-state index in [2.05, 4.69) is 0 Å². The zero-order chi connectivity index (χ0) is 26.4. The molecule has 0 amide bonds. The maximum absolute atomic E-state index is 13.5. The van der Waals surface area contributed by atoms with Crippen LogP contribution in [0.15, 0.2) is 97.1 Å². The molecule has 0 bridgehead atoms. The zero-order valence-electron chi connectivity index (χ0n) is 19.1. The van der Waals surface area contributed by atoms with Gasteiger partial charge in [0.05, 0.1) is 11.1 Å². The average molecular weight is 502 g/mol. The van der Waals surface area contributed by atoms with E-state index in [0.29, 0.717) is 11.1 Å². The molecule has 0 aliphatic heterocycles. The molecule has 184 valence electrons. The van der Waals surface area contributed by atoms with Gasteiger partial charge in [0.2, 0.25) is 0 Å². The van der Waals surface area contributed by atoms with Crippen LogP contribution in [0.5, 0.6) is 0 Å². The second-order valence-corrected chi connectivity index (χ2v) is 7.91. The first-order valence-electron chi connectivity index (χ1n) is 11.0. The first kappa shape index (κ1) is 25.3. The molecule has 0 radical (unpaired) electrons. The summed E-state index contributed by atoms with van der Waals surface area (Å²) in [6.45, 7) is 0. The van der Waals surface area contributed by atoms with E-state index in [1.165, 1.54) is 84.9 Å². The number of ether oxygens (including phenoxy) is 1. The van der Waals surface area contributed by atoms with Crippen molar-refractivity contribution in [3.05, 3.63) is 143 Å². The number of halogens is 4. The molecule has 0 N–H and O–H groups in total. The minimum atomic E-state index is -1.05. The Morgan fingerprint density at radius 3 is 1.03 bits per heavy atom. The number of carbonyl (C=O) groups excluding carboxylic acids is 2. The Labute approximate surface area is 210 Å². The molecule has 4 rings (SSSR count). The lowest BCUT2D eigenvalue weighted by molar-refractivity contribution is -0.150. The monoisotopic (exact) mass is 502 g/mol. The molecule has 0 aromatic heterocycles. The van der Waals surface area contributed by atoms with Gasteiger partial charge in [0, 0.05) is 0 Å². The van der Waals surface area contributed by atoms with Crippen LogP contribution in [-0.2, 0) is 14.3 Å². The molecule has 0 aliphatic carbocycles. The number of hydrogen-bond acceptors (Lipinski definition) is 3.